The highest BCUT2D eigenvalue weighted by molar-refractivity contribution is 5.81. The van der Waals surface area contributed by atoms with Gasteiger partial charge in [-0.15, -0.1) is 0 Å². The van der Waals surface area contributed by atoms with E-state index in [1.807, 2.05) is 38.1 Å². The Bertz CT molecular complexity index is 438. The van der Waals surface area contributed by atoms with Crippen molar-refractivity contribution in [1.29, 1.82) is 0 Å². The third-order valence-electron chi connectivity index (χ3n) is 3.98. The van der Waals surface area contributed by atoms with Gasteiger partial charge in [0.05, 0.1) is 0 Å². The summed E-state index contributed by atoms with van der Waals surface area (Å²) in [5.74, 6) is 0.834. The van der Waals surface area contributed by atoms with Gasteiger partial charge in [-0.2, -0.15) is 0 Å². The third kappa shape index (κ3) is 3.99. The zero-order valence-corrected chi connectivity index (χ0v) is 12.5. The number of hydrogen-bond acceptors (Lipinski definition) is 2. The van der Waals surface area contributed by atoms with E-state index in [-0.39, 0.29) is 5.91 Å². The number of benzene rings is 1. The Hall–Kier alpha value is -1.51. The van der Waals surface area contributed by atoms with Crippen LogP contribution in [0.3, 0.4) is 0 Å². The molecule has 1 saturated carbocycles. The largest absolute Gasteiger partial charge is 0.480 e. The first-order valence-corrected chi connectivity index (χ1v) is 7.73. The fourth-order valence-electron chi connectivity index (χ4n) is 2.71. The summed E-state index contributed by atoms with van der Waals surface area (Å²) in [5, 5.41) is 3.15. The predicted octanol–water partition coefficient (Wildman–Crippen LogP) is 3.60. The Labute approximate surface area is 121 Å². The number of rotatable bonds is 5. The molecule has 0 heterocycles. The highest BCUT2D eigenvalue weighted by Gasteiger charge is 2.23. The fraction of sp³-hybridized carbons (Fsp3) is 0.588. The van der Waals surface area contributed by atoms with Crippen molar-refractivity contribution >= 4 is 5.91 Å². The minimum atomic E-state index is -0.391. The van der Waals surface area contributed by atoms with Crippen molar-refractivity contribution in [3.8, 4) is 5.75 Å². The Morgan fingerprint density at radius 3 is 2.65 bits per heavy atom. The summed E-state index contributed by atoms with van der Waals surface area (Å²) in [6.07, 6.45) is 6.24. The lowest BCUT2D eigenvalue weighted by Gasteiger charge is -2.25. The van der Waals surface area contributed by atoms with E-state index in [2.05, 4.69) is 5.32 Å². The number of carbonyl (C=O) groups excluding carboxylic acids is 1. The second-order valence-corrected chi connectivity index (χ2v) is 5.62. The maximum absolute atomic E-state index is 12.3. The van der Waals surface area contributed by atoms with E-state index in [1.54, 1.807) is 0 Å². The average Bonchev–Trinajstić information content (AvgIpc) is 2.47. The number of carbonyl (C=O) groups is 1. The number of nitrogens with one attached hydrogen (secondary N) is 1. The Morgan fingerprint density at radius 1 is 1.30 bits per heavy atom. The van der Waals surface area contributed by atoms with E-state index in [4.69, 9.17) is 4.74 Å². The molecule has 1 aromatic rings. The molecule has 0 aliphatic heterocycles. The van der Waals surface area contributed by atoms with Crippen molar-refractivity contribution in [1.82, 2.24) is 5.32 Å². The van der Waals surface area contributed by atoms with Crippen LogP contribution in [0.15, 0.2) is 24.3 Å². The van der Waals surface area contributed by atoms with Crippen molar-refractivity contribution < 1.29 is 9.53 Å². The van der Waals surface area contributed by atoms with E-state index in [0.717, 1.165) is 24.2 Å². The molecule has 0 aromatic heterocycles. The molecule has 1 amide bonds. The second-order valence-electron chi connectivity index (χ2n) is 5.62. The molecule has 0 spiro atoms. The average molecular weight is 275 g/mol. The predicted molar refractivity (Wildman–Crippen MR) is 80.9 cm³/mol. The number of hydrogen-bond donors (Lipinski definition) is 1. The number of aryl methyl sites for hydroxylation is 1. The molecular weight excluding hydrogens is 250 g/mol. The molecule has 1 aromatic carbocycles. The molecule has 1 aliphatic rings. The summed E-state index contributed by atoms with van der Waals surface area (Å²) in [4.78, 5) is 12.3. The van der Waals surface area contributed by atoms with Crippen LogP contribution >= 0.6 is 0 Å². The van der Waals surface area contributed by atoms with E-state index >= 15 is 0 Å². The third-order valence-corrected chi connectivity index (χ3v) is 3.98. The molecule has 1 fully saturated rings. The van der Waals surface area contributed by atoms with Gasteiger partial charge in [0.1, 0.15) is 5.75 Å². The van der Waals surface area contributed by atoms with Crippen LogP contribution in [-0.2, 0) is 4.79 Å². The van der Waals surface area contributed by atoms with Crippen LogP contribution in [0.4, 0.5) is 0 Å². The van der Waals surface area contributed by atoms with Crippen molar-refractivity contribution in [2.24, 2.45) is 0 Å². The molecule has 1 aliphatic carbocycles. The molecule has 1 atom stereocenters. The van der Waals surface area contributed by atoms with Gasteiger partial charge in [-0.25, -0.2) is 0 Å². The summed E-state index contributed by atoms with van der Waals surface area (Å²) in [6.45, 7) is 3.99. The summed E-state index contributed by atoms with van der Waals surface area (Å²) in [6, 6.07) is 8.18. The van der Waals surface area contributed by atoms with Crippen molar-refractivity contribution in [3.63, 3.8) is 0 Å². The smallest absolute Gasteiger partial charge is 0.261 e. The van der Waals surface area contributed by atoms with Gasteiger partial charge < -0.3 is 10.1 Å². The minimum absolute atomic E-state index is 0.0302. The summed E-state index contributed by atoms with van der Waals surface area (Å²) in [7, 11) is 0. The monoisotopic (exact) mass is 275 g/mol. The van der Waals surface area contributed by atoms with Crippen LogP contribution in [0.2, 0.25) is 0 Å². The van der Waals surface area contributed by atoms with E-state index in [9.17, 15) is 4.79 Å². The molecule has 0 radical (unpaired) electrons. The fourth-order valence-corrected chi connectivity index (χ4v) is 2.71. The molecule has 0 saturated heterocycles. The Kier molecular flexibility index (Phi) is 5.45. The van der Waals surface area contributed by atoms with Crippen molar-refractivity contribution in [3.05, 3.63) is 29.8 Å². The molecule has 20 heavy (non-hydrogen) atoms. The van der Waals surface area contributed by atoms with Gasteiger partial charge >= 0.3 is 0 Å². The zero-order chi connectivity index (χ0) is 14.4. The quantitative estimate of drug-likeness (QED) is 0.891. The lowest BCUT2D eigenvalue weighted by Crippen LogP contribution is -2.44. The topological polar surface area (TPSA) is 38.3 Å². The number of para-hydroxylation sites is 1. The lowest BCUT2D eigenvalue weighted by molar-refractivity contribution is -0.129. The van der Waals surface area contributed by atoms with Gasteiger partial charge in [0.15, 0.2) is 6.10 Å². The SMILES string of the molecule is CC[C@H](Oc1ccccc1C)C(=O)NC1CCCCC1. The van der Waals surface area contributed by atoms with Crippen LogP contribution in [0.1, 0.15) is 51.0 Å². The molecule has 110 valence electrons. The summed E-state index contributed by atoms with van der Waals surface area (Å²) in [5.41, 5.74) is 1.07. The first-order chi connectivity index (χ1) is 9.70. The number of ether oxygens (including phenoxy) is 1. The van der Waals surface area contributed by atoms with Crippen LogP contribution < -0.4 is 10.1 Å². The maximum atomic E-state index is 12.3. The van der Waals surface area contributed by atoms with Gasteiger partial charge in [-0.1, -0.05) is 44.4 Å². The standard InChI is InChI=1S/C17H25NO2/c1-3-15(20-16-12-8-7-9-13(16)2)17(19)18-14-10-5-4-6-11-14/h7-9,12,14-15H,3-6,10-11H2,1-2H3,(H,18,19)/t15-/m0/s1. The second kappa shape index (κ2) is 7.32. The lowest BCUT2D eigenvalue weighted by atomic mass is 9.95. The maximum Gasteiger partial charge on any atom is 0.261 e. The van der Waals surface area contributed by atoms with E-state index < -0.39 is 6.10 Å². The summed E-state index contributed by atoms with van der Waals surface area (Å²) >= 11 is 0. The van der Waals surface area contributed by atoms with Crippen LogP contribution in [0.5, 0.6) is 5.75 Å². The van der Waals surface area contributed by atoms with Gasteiger partial charge in [0.2, 0.25) is 0 Å². The number of amides is 1. The van der Waals surface area contributed by atoms with Crippen LogP contribution in [-0.4, -0.2) is 18.1 Å². The molecular formula is C17H25NO2. The highest BCUT2D eigenvalue weighted by Crippen LogP contribution is 2.20. The molecule has 0 bridgehead atoms. The van der Waals surface area contributed by atoms with Crippen molar-refractivity contribution in [2.45, 2.75) is 64.5 Å². The van der Waals surface area contributed by atoms with E-state index in [1.165, 1.54) is 19.3 Å². The minimum Gasteiger partial charge on any atom is -0.480 e. The summed E-state index contributed by atoms with van der Waals surface area (Å²) < 4.78 is 5.89. The zero-order valence-electron chi connectivity index (χ0n) is 12.5. The van der Waals surface area contributed by atoms with Gasteiger partial charge in [-0.3, -0.25) is 4.79 Å². The molecule has 2 rings (SSSR count). The Balaban J connectivity index is 1.93. The molecule has 3 heteroatoms. The first kappa shape index (κ1) is 14.9. The van der Waals surface area contributed by atoms with Gasteiger partial charge in [0, 0.05) is 6.04 Å². The molecule has 0 unspecified atom stereocenters. The van der Waals surface area contributed by atoms with Crippen molar-refractivity contribution in [2.75, 3.05) is 0 Å². The first-order valence-electron chi connectivity index (χ1n) is 7.73. The Morgan fingerprint density at radius 2 is 2.00 bits per heavy atom. The van der Waals surface area contributed by atoms with E-state index in [0.29, 0.717) is 12.5 Å². The van der Waals surface area contributed by atoms with Crippen LogP contribution in [0, 0.1) is 6.92 Å². The van der Waals surface area contributed by atoms with Crippen LogP contribution in [0.25, 0.3) is 0 Å². The molecule has 3 nitrogen and oxygen atoms in total. The molecule has 1 N–H and O–H groups in total. The van der Waals surface area contributed by atoms with Gasteiger partial charge in [0.25, 0.3) is 5.91 Å². The highest BCUT2D eigenvalue weighted by atomic mass is 16.5. The van der Waals surface area contributed by atoms with Gasteiger partial charge in [-0.05, 0) is 37.8 Å². The normalized spacial score (nSPS) is 17.5.